The molecule has 1 aliphatic rings. The first kappa shape index (κ1) is 17.9. The van der Waals surface area contributed by atoms with Gasteiger partial charge in [0.05, 0.1) is 0 Å². The SMILES string of the molecule is CCC(Oc1ccccc1F)C(=O)N1Cc2ccccc2CC1C(=O)O. The van der Waals surface area contributed by atoms with E-state index in [1.54, 1.807) is 13.0 Å². The van der Waals surface area contributed by atoms with Crippen molar-refractivity contribution in [3.8, 4) is 5.75 Å². The van der Waals surface area contributed by atoms with Crippen LogP contribution in [-0.4, -0.2) is 34.0 Å². The minimum atomic E-state index is -1.06. The average Bonchev–Trinajstić information content (AvgIpc) is 2.65. The Morgan fingerprint density at radius 1 is 1.19 bits per heavy atom. The first-order valence-electron chi connectivity index (χ1n) is 8.52. The topological polar surface area (TPSA) is 66.8 Å². The lowest BCUT2D eigenvalue weighted by Gasteiger charge is -2.36. The summed E-state index contributed by atoms with van der Waals surface area (Å²) in [4.78, 5) is 26.0. The summed E-state index contributed by atoms with van der Waals surface area (Å²) in [6, 6.07) is 12.4. The number of carboxylic acid groups (broad SMARTS) is 1. The van der Waals surface area contributed by atoms with Crippen molar-refractivity contribution in [1.29, 1.82) is 0 Å². The van der Waals surface area contributed by atoms with Gasteiger partial charge in [-0.1, -0.05) is 43.3 Å². The molecule has 3 rings (SSSR count). The number of para-hydroxylation sites is 1. The Labute approximate surface area is 151 Å². The standard InChI is InChI=1S/C20H20FNO4/c1-2-17(26-18-10-6-5-9-15(18)21)19(23)22-12-14-8-4-3-7-13(14)11-16(22)20(24)25/h3-10,16-17H,2,11-12H2,1H3,(H,24,25). The fraction of sp³-hybridized carbons (Fsp3) is 0.300. The van der Waals surface area contributed by atoms with Crippen LogP contribution < -0.4 is 4.74 Å². The number of aliphatic carboxylic acids is 1. The number of fused-ring (bicyclic) bond motifs is 1. The number of carboxylic acids is 1. The van der Waals surface area contributed by atoms with Crippen LogP contribution in [0.1, 0.15) is 24.5 Å². The number of benzene rings is 2. The van der Waals surface area contributed by atoms with E-state index in [-0.39, 0.29) is 18.7 Å². The van der Waals surface area contributed by atoms with Gasteiger partial charge in [-0.25, -0.2) is 9.18 Å². The zero-order valence-electron chi connectivity index (χ0n) is 14.4. The van der Waals surface area contributed by atoms with Crippen molar-refractivity contribution in [2.24, 2.45) is 0 Å². The van der Waals surface area contributed by atoms with Crippen LogP contribution in [0, 0.1) is 5.82 Å². The molecular formula is C20H20FNO4. The van der Waals surface area contributed by atoms with Crippen molar-refractivity contribution in [3.05, 3.63) is 65.5 Å². The molecule has 5 nitrogen and oxygen atoms in total. The van der Waals surface area contributed by atoms with Crippen LogP contribution in [0.3, 0.4) is 0 Å². The number of amides is 1. The van der Waals surface area contributed by atoms with Crippen LogP contribution in [0.5, 0.6) is 5.75 Å². The van der Waals surface area contributed by atoms with E-state index in [4.69, 9.17) is 4.74 Å². The summed E-state index contributed by atoms with van der Waals surface area (Å²) >= 11 is 0. The Bertz CT molecular complexity index is 823. The van der Waals surface area contributed by atoms with Gasteiger partial charge < -0.3 is 14.7 Å². The third-order valence-corrected chi connectivity index (χ3v) is 4.57. The van der Waals surface area contributed by atoms with Gasteiger partial charge in [-0.2, -0.15) is 0 Å². The summed E-state index contributed by atoms with van der Waals surface area (Å²) in [6.07, 6.45) is -0.399. The quantitative estimate of drug-likeness (QED) is 0.893. The number of carbonyl (C=O) groups excluding carboxylic acids is 1. The fourth-order valence-corrected chi connectivity index (χ4v) is 3.16. The second-order valence-corrected chi connectivity index (χ2v) is 6.24. The molecule has 1 aliphatic heterocycles. The lowest BCUT2D eigenvalue weighted by atomic mass is 9.93. The monoisotopic (exact) mass is 357 g/mol. The fourth-order valence-electron chi connectivity index (χ4n) is 3.16. The van der Waals surface area contributed by atoms with Crippen LogP contribution >= 0.6 is 0 Å². The van der Waals surface area contributed by atoms with Crippen LogP contribution in [-0.2, 0) is 22.6 Å². The summed E-state index contributed by atoms with van der Waals surface area (Å²) in [7, 11) is 0. The van der Waals surface area contributed by atoms with E-state index in [9.17, 15) is 19.1 Å². The Morgan fingerprint density at radius 2 is 1.85 bits per heavy atom. The molecule has 0 aliphatic carbocycles. The number of hydrogen-bond donors (Lipinski definition) is 1. The van der Waals surface area contributed by atoms with Crippen molar-refractivity contribution < 1.29 is 23.8 Å². The second-order valence-electron chi connectivity index (χ2n) is 6.24. The molecule has 1 N–H and O–H groups in total. The Kier molecular flexibility index (Phi) is 5.21. The van der Waals surface area contributed by atoms with Gasteiger partial charge in [0, 0.05) is 13.0 Å². The van der Waals surface area contributed by atoms with Crippen LogP contribution in [0.15, 0.2) is 48.5 Å². The third kappa shape index (κ3) is 3.54. The molecule has 2 unspecified atom stereocenters. The molecule has 1 heterocycles. The predicted octanol–water partition coefficient (Wildman–Crippen LogP) is 3.02. The molecule has 26 heavy (non-hydrogen) atoms. The van der Waals surface area contributed by atoms with Gasteiger partial charge in [0.2, 0.25) is 0 Å². The van der Waals surface area contributed by atoms with Gasteiger partial charge in [0.1, 0.15) is 6.04 Å². The van der Waals surface area contributed by atoms with Gasteiger partial charge in [0.25, 0.3) is 5.91 Å². The summed E-state index contributed by atoms with van der Waals surface area (Å²) in [5, 5.41) is 9.58. The maximum atomic E-state index is 13.8. The molecule has 2 aromatic carbocycles. The van der Waals surface area contributed by atoms with E-state index in [0.717, 1.165) is 11.1 Å². The molecular weight excluding hydrogens is 337 g/mol. The van der Waals surface area contributed by atoms with Gasteiger partial charge >= 0.3 is 5.97 Å². The van der Waals surface area contributed by atoms with Gasteiger partial charge in [-0.15, -0.1) is 0 Å². The van der Waals surface area contributed by atoms with E-state index in [1.165, 1.54) is 23.1 Å². The van der Waals surface area contributed by atoms with E-state index in [2.05, 4.69) is 0 Å². The molecule has 2 aromatic rings. The minimum absolute atomic E-state index is 0.0167. The van der Waals surface area contributed by atoms with Crippen LogP contribution in [0.4, 0.5) is 4.39 Å². The lowest BCUT2D eigenvalue weighted by molar-refractivity contribution is -0.155. The minimum Gasteiger partial charge on any atom is -0.480 e. The lowest BCUT2D eigenvalue weighted by Crippen LogP contribution is -2.52. The van der Waals surface area contributed by atoms with Crippen molar-refractivity contribution in [2.45, 2.75) is 38.5 Å². The molecule has 6 heteroatoms. The second kappa shape index (κ2) is 7.56. The van der Waals surface area contributed by atoms with Crippen molar-refractivity contribution >= 4 is 11.9 Å². The van der Waals surface area contributed by atoms with Crippen LogP contribution in [0.25, 0.3) is 0 Å². The van der Waals surface area contributed by atoms with E-state index < -0.39 is 29.8 Å². The first-order valence-corrected chi connectivity index (χ1v) is 8.52. The van der Waals surface area contributed by atoms with E-state index in [0.29, 0.717) is 6.42 Å². The number of nitrogens with zero attached hydrogens (tertiary/aromatic N) is 1. The first-order chi connectivity index (χ1) is 12.5. The van der Waals surface area contributed by atoms with E-state index in [1.807, 2.05) is 24.3 Å². The molecule has 0 bridgehead atoms. The Hall–Kier alpha value is -2.89. The smallest absolute Gasteiger partial charge is 0.326 e. The molecule has 0 spiro atoms. The number of rotatable bonds is 5. The predicted molar refractivity (Wildman–Crippen MR) is 93.2 cm³/mol. The molecule has 0 radical (unpaired) electrons. The largest absolute Gasteiger partial charge is 0.480 e. The highest BCUT2D eigenvalue weighted by molar-refractivity contribution is 5.87. The highest BCUT2D eigenvalue weighted by Crippen LogP contribution is 2.26. The van der Waals surface area contributed by atoms with Gasteiger partial charge in [-0.05, 0) is 29.7 Å². The summed E-state index contributed by atoms with van der Waals surface area (Å²) < 4.78 is 19.4. The molecule has 0 fully saturated rings. The molecule has 136 valence electrons. The number of carbonyl (C=O) groups is 2. The molecule has 1 amide bonds. The number of hydrogen-bond acceptors (Lipinski definition) is 3. The van der Waals surface area contributed by atoms with Crippen molar-refractivity contribution in [3.63, 3.8) is 0 Å². The average molecular weight is 357 g/mol. The Morgan fingerprint density at radius 3 is 2.50 bits per heavy atom. The summed E-state index contributed by atoms with van der Waals surface area (Å²) in [5.74, 6) is -2.08. The van der Waals surface area contributed by atoms with Crippen LogP contribution in [0.2, 0.25) is 0 Å². The van der Waals surface area contributed by atoms with Gasteiger partial charge in [-0.3, -0.25) is 4.79 Å². The Balaban J connectivity index is 1.86. The maximum absolute atomic E-state index is 13.8. The number of ether oxygens (including phenoxy) is 1. The molecule has 0 saturated carbocycles. The summed E-state index contributed by atoms with van der Waals surface area (Å²) in [5.41, 5.74) is 1.84. The maximum Gasteiger partial charge on any atom is 0.326 e. The van der Waals surface area contributed by atoms with E-state index >= 15 is 0 Å². The highest BCUT2D eigenvalue weighted by Gasteiger charge is 2.37. The third-order valence-electron chi connectivity index (χ3n) is 4.57. The van der Waals surface area contributed by atoms with Gasteiger partial charge in [0.15, 0.2) is 17.7 Å². The molecule has 0 saturated heterocycles. The number of halogens is 1. The zero-order valence-corrected chi connectivity index (χ0v) is 14.4. The van der Waals surface area contributed by atoms with Crippen molar-refractivity contribution in [1.82, 2.24) is 4.90 Å². The highest BCUT2D eigenvalue weighted by atomic mass is 19.1. The normalized spacial score (nSPS) is 17.3. The zero-order chi connectivity index (χ0) is 18.7. The molecule has 0 aromatic heterocycles. The summed E-state index contributed by atoms with van der Waals surface area (Å²) in [6.45, 7) is 1.94. The van der Waals surface area contributed by atoms with Crippen molar-refractivity contribution in [2.75, 3.05) is 0 Å². The molecule has 2 atom stereocenters.